The molecule has 0 aromatic heterocycles. The van der Waals surface area contributed by atoms with Crippen LogP contribution in [0.5, 0.6) is 5.75 Å². The van der Waals surface area contributed by atoms with E-state index >= 15 is 0 Å². The van der Waals surface area contributed by atoms with Crippen LogP contribution >= 0.6 is 0 Å². The monoisotopic (exact) mass is 437 g/mol. The summed E-state index contributed by atoms with van der Waals surface area (Å²) in [6, 6.07) is 26.8. The van der Waals surface area contributed by atoms with Crippen molar-refractivity contribution in [1.82, 2.24) is 0 Å². The van der Waals surface area contributed by atoms with Gasteiger partial charge in [0.2, 0.25) is 0 Å². The normalized spacial score (nSPS) is 27.4. The molecule has 33 heavy (non-hydrogen) atoms. The molecule has 0 heterocycles. The molecule has 4 bridgehead atoms. The van der Waals surface area contributed by atoms with Gasteiger partial charge in [0.15, 0.2) is 0 Å². The molecule has 0 radical (unpaired) electrons. The lowest BCUT2D eigenvalue weighted by molar-refractivity contribution is -0.161. The van der Waals surface area contributed by atoms with Gasteiger partial charge in [0, 0.05) is 17.1 Å². The van der Waals surface area contributed by atoms with Gasteiger partial charge in [0.1, 0.15) is 5.75 Å². The Morgan fingerprint density at radius 1 is 0.788 bits per heavy atom. The van der Waals surface area contributed by atoms with Crippen LogP contribution < -0.4 is 9.64 Å². The van der Waals surface area contributed by atoms with Gasteiger partial charge in [-0.25, -0.2) is 0 Å². The van der Waals surface area contributed by atoms with Crippen molar-refractivity contribution in [2.24, 2.45) is 23.2 Å². The van der Waals surface area contributed by atoms with E-state index in [1.165, 1.54) is 19.3 Å². The van der Waals surface area contributed by atoms with Crippen molar-refractivity contribution >= 4 is 23.0 Å². The summed E-state index contributed by atoms with van der Waals surface area (Å²) in [5.74, 6) is 2.88. The molecular weight excluding hydrogens is 406 g/mol. The first-order chi connectivity index (χ1) is 16.1. The topological polar surface area (TPSA) is 29.5 Å². The first-order valence-electron chi connectivity index (χ1n) is 12.3. The minimum atomic E-state index is -0.235. The first-order valence-corrected chi connectivity index (χ1v) is 12.3. The van der Waals surface area contributed by atoms with E-state index < -0.39 is 0 Å². The van der Waals surface area contributed by atoms with E-state index in [1.54, 1.807) is 0 Å². The molecule has 3 nitrogen and oxygen atoms in total. The van der Waals surface area contributed by atoms with Crippen molar-refractivity contribution in [2.45, 2.75) is 45.4 Å². The highest BCUT2D eigenvalue weighted by Gasteiger charge is 2.55. The molecule has 3 heteroatoms. The van der Waals surface area contributed by atoms with Crippen molar-refractivity contribution in [3.63, 3.8) is 0 Å². The van der Waals surface area contributed by atoms with Crippen molar-refractivity contribution < 1.29 is 9.53 Å². The van der Waals surface area contributed by atoms with Crippen LogP contribution in [0, 0.1) is 30.1 Å². The smallest absolute Gasteiger partial charge is 0.317 e. The molecule has 0 saturated heterocycles. The third-order valence-electron chi connectivity index (χ3n) is 8.12. The van der Waals surface area contributed by atoms with Crippen LogP contribution in [0.4, 0.5) is 17.1 Å². The number of hydrogen-bond donors (Lipinski definition) is 0. The van der Waals surface area contributed by atoms with Crippen LogP contribution in [0.25, 0.3) is 0 Å². The second-order valence-corrected chi connectivity index (χ2v) is 10.5. The van der Waals surface area contributed by atoms with Gasteiger partial charge < -0.3 is 9.64 Å². The maximum atomic E-state index is 13.4. The molecule has 0 N–H and O–H groups in total. The van der Waals surface area contributed by atoms with Gasteiger partial charge >= 0.3 is 5.97 Å². The van der Waals surface area contributed by atoms with E-state index in [2.05, 4.69) is 66.4 Å². The number of aryl methyl sites for hydroxylation is 1. The summed E-state index contributed by atoms with van der Waals surface area (Å²) >= 11 is 0. The summed E-state index contributed by atoms with van der Waals surface area (Å²) in [4.78, 5) is 15.7. The fraction of sp³-hybridized carbons (Fsp3) is 0.367. The predicted octanol–water partition coefficient (Wildman–Crippen LogP) is 7.59. The van der Waals surface area contributed by atoms with Gasteiger partial charge in [-0.2, -0.15) is 0 Å². The Bertz CT molecular complexity index is 1080. The molecule has 0 atom stereocenters. The number of ether oxygens (including phenoxy) is 1. The quantitative estimate of drug-likeness (QED) is 0.304. The van der Waals surface area contributed by atoms with Crippen molar-refractivity contribution in [3.05, 3.63) is 84.4 Å². The lowest BCUT2D eigenvalue weighted by Gasteiger charge is -2.55. The third kappa shape index (κ3) is 3.74. The zero-order valence-electron chi connectivity index (χ0n) is 19.2. The van der Waals surface area contributed by atoms with Crippen LogP contribution in [-0.2, 0) is 4.79 Å². The van der Waals surface area contributed by atoms with E-state index in [1.807, 2.05) is 24.3 Å². The fourth-order valence-corrected chi connectivity index (χ4v) is 7.10. The molecule has 0 amide bonds. The van der Waals surface area contributed by atoms with Crippen molar-refractivity contribution in [1.29, 1.82) is 0 Å². The number of carbonyl (C=O) groups is 1. The zero-order chi connectivity index (χ0) is 22.4. The molecule has 3 aromatic rings. The number of carbonyl (C=O) groups excluding carboxylic acids is 1. The largest absolute Gasteiger partial charge is 0.426 e. The summed E-state index contributed by atoms with van der Waals surface area (Å²) in [7, 11) is 0. The number of nitrogens with zero attached hydrogens (tertiary/aromatic N) is 1. The van der Waals surface area contributed by atoms with Gasteiger partial charge in [-0.3, -0.25) is 4.79 Å². The number of para-hydroxylation sites is 2. The number of esters is 1. The average Bonchev–Trinajstić information content (AvgIpc) is 2.81. The van der Waals surface area contributed by atoms with Gasteiger partial charge in [0.05, 0.1) is 5.41 Å². The lowest BCUT2D eigenvalue weighted by atomic mass is 9.49. The second kappa shape index (κ2) is 8.06. The Morgan fingerprint density at radius 2 is 1.30 bits per heavy atom. The maximum Gasteiger partial charge on any atom is 0.317 e. The Kier molecular flexibility index (Phi) is 5.01. The molecule has 0 spiro atoms. The van der Waals surface area contributed by atoms with Gasteiger partial charge in [-0.1, -0.05) is 36.4 Å². The highest BCUT2D eigenvalue weighted by atomic mass is 16.5. The SMILES string of the molecule is Cc1cc(OC(=O)C23CC4CC(CC(C4)C2)C3)ccc1N(c1ccccc1)c1ccccc1. The standard InChI is InChI=1S/C30H31NO2/c1-21-14-27(33-29(32)30-18-22-15-23(19-30)17-24(16-22)20-30)12-13-28(21)31(25-8-4-2-5-9-25)26-10-6-3-7-11-26/h2-14,22-24H,15-20H2,1H3. The van der Waals surface area contributed by atoms with Crippen LogP contribution in [0.1, 0.15) is 44.1 Å². The highest BCUT2D eigenvalue weighted by molar-refractivity contribution is 5.81. The molecule has 4 aliphatic carbocycles. The Labute approximate surface area is 196 Å². The minimum Gasteiger partial charge on any atom is -0.426 e. The van der Waals surface area contributed by atoms with E-state index in [0.717, 1.165) is 59.6 Å². The lowest BCUT2D eigenvalue weighted by Crippen LogP contribution is -2.51. The molecule has 4 aliphatic rings. The summed E-state index contributed by atoms with van der Waals surface area (Å²) in [5, 5.41) is 0. The molecule has 4 saturated carbocycles. The third-order valence-corrected chi connectivity index (χ3v) is 8.12. The molecule has 0 aliphatic heterocycles. The summed E-state index contributed by atoms with van der Waals surface area (Å²) in [5.41, 5.74) is 4.14. The van der Waals surface area contributed by atoms with Crippen molar-refractivity contribution in [2.75, 3.05) is 4.90 Å². The van der Waals surface area contributed by atoms with Crippen molar-refractivity contribution in [3.8, 4) is 5.75 Å². The number of anilines is 3. The molecule has 4 fully saturated rings. The summed E-state index contributed by atoms with van der Waals surface area (Å²) in [6.45, 7) is 2.09. The molecular formula is C30H31NO2. The van der Waals surface area contributed by atoms with E-state index in [4.69, 9.17) is 4.74 Å². The number of hydrogen-bond acceptors (Lipinski definition) is 3. The maximum absolute atomic E-state index is 13.4. The average molecular weight is 438 g/mol. The minimum absolute atomic E-state index is 0.0109. The van der Waals surface area contributed by atoms with E-state index in [9.17, 15) is 4.79 Å². The zero-order valence-corrected chi connectivity index (χ0v) is 19.2. The molecule has 7 rings (SSSR count). The second-order valence-electron chi connectivity index (χ2n) is 10.5. The van der Waals surface area contributed by atoms with E-state index in [-0.39, 0.29) is 11.4 Å². The molecule has 168 valence electrons. The summed E-state index contributed by atoms with van der Waals surface area (Å²) < 4.78 is 6.07. The first kappa shape index (κ1) is 20.5. The van der Waals surface area contributed by atoms with Gasteiger partial charge in [-0.15, -0.1) is 0 Å². The van der Waals surface area contributed by atoms with Crippen LogP contribution in [-0.4, -0.2) is 5.97 Å². The van der Waals surface area contributed by atoms with Crippen LogP contribution in [0.3, 0.4) is 0 Å². The van der Waals surface area contributed by atoms with Crippen LogP contribution in [0.15, 0.2) is 78.9 Å². The number of benzene rings is 3. The fourth-order valence-electron chi connectivity index (χ4n) is 7.10. The Hall–Kier alpha value is -3.07. The van der Waals surface area contributed by atoms with E-state index in [0.29, 0.717) is 5.75 Å². The Balaban J connectivity index is 1.28. The summed E-state index contributed by atoms with van der Waals surface area (Å²) in [6.07, 6.45) is 7.08. The Morgan fingerprint density at radius 3 is 1.79 bits per heavy atom. The predicted molar refractivity (Wildman–Crippen MR) is 132 cm³/mol. The van der Waals surface area contributed by atoms with Crippen LogP contribution in [0.2, 0.25) is 0 Å². The highest BCUT2D eigenvalue weighted by Crippen LogP contribution is 2.60. The van der Waals surface area contributed by atoms with Gasteiger partial charge in [-0.05, 0) is 111 Å². The molecule has 3 aromatic carbocycles. The molecule has 0 unspecified atom stereocenters. The van der Waals surface area contributed by atoms with Gasteiger partial charge in [0.25, 0.3) is 0 Å². The number of rotatable bonds is 5.